The van der Waals surface area contributed by atoms with E-state index in [-0.39, 0.29) is 18.5 Å². The van der Waals surface area contributed by atoms with Crippen molar-refractivity contribution in [2.24, 2.45) is 0 Å². The summed E-state index contributed by atoms with van der Waals surface area (Å²) in [6.07, 6.45) is 0. The smallest absolute Gasteiger partial charge is 0.325 e. The summed E-state index contributed by atoms with van der Waals surface area (Å²) >= 11 is 0. The van der Waals surface area contributed by atoms with Gasteiger partial charge in [-0.3, -0.25) is 9.59 Å². The summed E-state index contributed by atoms with van der Waals surface area (Å²) in [5.41, 5.74) is 0.931. The Balaban J connectivity index is 3.00. The summed E-state index contributed by atoms with van der Waals surface area (Å²) < 4.78 is 9.55. The Bertz CT molecular complexity index is 431. The maximum absolute atomic E-state index is 12.4. The predicted molar refractivity (Wildman–Crippen MR) is 64.2 cm³/mol. The molecule has 0 saturated heterocycles. The SMILES string of the molecule is COC(=O)CN(C(=O)c1c(C)noc1C)C(C)C. The van der Waals surface area contributed by atoms with Gasteiger partial charge in [-0.2, -0.15) is 0 Å². The van der Waals surface area contributed by atoms with Crippen molar-refractivity contribution in [3.8, 4) is 0 Å². The zero-order valence-corrected chi connectivity index (χ0v) is 11.3. The average molecular weight is 254 g/mol. The van der Waals surface area contributed by atoms with Gasteiger partial charge in [0.1, 0.15) is 17.9 Å². The molecule has 1 heterocycles. The van der Waals surface area contributed by atoms with E-state index in [0.29, 0.717) is 17.0 Å². The van der Waals surface area contributed by atoms with Gasteiger partial charge in [0.05, 0.1) is 12.8 Å². The van der Waals surface area contributed by atoms with Crippen LogP contribution >= 0.6 is 0 Å². The van der Waals surface area contributed by atoms with E-state index in [0.717, 1.165) is 0 Å². The first-order chi connectivity index (χ1) is 8.38. The van der Waals surface area contributed by atoms with Crippen molar-refractivity contribution >= 4 is 11.9 Å². The van der Waals surface area contributed by atoms with Crippen LogP contribution in [0.25, 0.3) is 0 Å². The van der Waals surface area contributed by atoms with Gasteiger partial charge in [0, 0.05) is 6.04 Å². The first-order valence-corrected chi connectivity index (χ1v) is 5.69. The lowest BCUT2D eigenvalue weighted by molar-refractivity contribution is -0.141. The number of amides is 1. The minimum Gasteiger partial charge on any atom is -0.468 e. The van der Waals surface area contributed by atoms with Gasteiger partial charge in [0.2, 0.25) is 0 Å². The normalized spacial score (nSPS) is 10.6. The summed E-state index contributed by atoms with van der Waals surface area (Å²) in [5, 5.41) is 3.74. The van der Waals surface area contributed by atoms with Crippen LogP contribution in [-0.4, -0.2) is 41.6 Å². The molecule has 0 unspecified atom stereocenters. The maximum Gasteiger partial charge on any atom is 0.325 e. The van der Waals surface area contributed by atoms with Crippen LogP contribution in [0.3, 0.4) is 0 Å². The molecule has 0 saturated carbocycles. The number of hydrogen-bond acceptors (Lipinski definition) is 5. The number of methoxy groups -OCH3 is 1. The predicted octanol–water partition coefficient (Wildman–Crippen LogP) is 1.32. The van der Waals surface area contributed by atoms with Crippen LogP contribution in [0.1, 0.15) is 35.7 Å². The summed E-state index contributed by atoms with van der Waals surface area (Å²) in [7, 11) is 1.29. The van der Waals surface area contributed by atoms with Crippen LogP contribution in [0.2, 0.25) is 0 Å². The highest BCUT2D eigenvalue weighted by Gasteiger charge is 2.27. The number of carbonyl (C=O) groups is 2. The molecule has 0 aliphatic rings. The molecule has 18 heavy (non-hydrogen) atoms. The van der Waals surface area contributed by atoms with Crippen molar-refractivity contribution in [1.29, 1.82) is 0 Å². The van der Waals surface area contributed by atoms with E-state index in [1.54, 1.807) is 13.8 Å². The standard InChI is InChI=1S/C12H18N2O4/c1-7(2)14(6-10(15)17-5)12(16)11-8(3)13-18-9(11)4/h7H,6H2,1-5H3. The Labute approximate surface area is 106 Å². The number of carbonyl (C=O) groups excluding carboxylic acids is 2. The van der Waals surface area contributed by atoms with Gasteiger partial charge in [0.15, 0.2) is 0 Å². The van der Waals surface area contributed by atoms with Crippen LogP contribution in [0.15, 0.2) is 4.52 Å². The molecule has 100 valence electrons. The van der Waals surface area contributed by atoms with Gasteiger partial charge in [-0.25, -0.2) is 0 Å². The number of hydrogen-bond donors (Lipinski definition) is 0. The van der Waals surface area contributed by atoms with Crippen LogP contribution in [0.5, 0.6) is 0 Å². The van der Waals surface area contributed by atoms with E-state index in [9.17, 15) is 9.59 Å². The molecular formula is C12H18N2O4. The van der Waals surface area contributed by atoms with Crippen LogP contribution in [0.4, 0.5) is 0 Å². The molecular weight excluding hydrogens is 236 g/mol. The number of aryl methyl sites for hydroxylation is 2. The zero-order valence-electron chi connectivity index (χ0n) is 11.3. The fourth-order valence-corrected chi connectivity index (χ4v) is 1.62. The molecule has 0 spiro atoms. The largest absolute Gasteiger partial charge is 0.468 e. The fourth-order valence-electron chi connectivity index (χ4n) is 1.62. The molecule has 1 aromatic heterocycles. The van der Waals surface area contributed by atoms with E-state index in [2.05, 4.69) is 9.89 Å². The highest BCUT2D eigenvalue weighted by Crippen LogP contribution is 2.16. The van der Waals surface area contributed by atoms with Gasteiger partial charge >= 0.3 is 5.97 Å². The molecule has 0 N–H and O–H groups in total. The van der Waals surface area contributed by atoms with Crippen molar-refractivity contribution in [3.63, 3.8) is 0 Å². The highest BCUT2D eigenvalue weighted by atomic mass is 16.5. The van der Waals surface area contributed by atoms with E-state index in [1.165, 1.54) is 12.0 Å². The fraction of sp³-hybridized carbons (Fsp3) is 0.583. The third-order valence-electron chi connectivity index (χ3n) is 2.66. The van der Waals surface area contributed by atoms with Gasteiger partial charge < -0.3 is 14.2 Å². The number of aromatic nitrogens is 1. The molecule has 0 fully saturated rings. The first kappa shape index (κ1) is 14.2. The van der Waals surface area contributed by atoms with Crippen LogP contribution < -0.4 is 0 Å². The van der Waals surface area contributed by atoms with Crippen LogP contribution in [0, 0.1) is 13.8 Å². The average Bonchev–Trinajstić information content (AvgIpc) is 2.64. The van der Waals surface area contributed by atoms with Crippen molar-refractivity contribution in [2.75, 3.05) is 13.7 Å². The third-order valence-corrected chi connectivity index (χ3v) is 2.66. The summed E-state index contributed by atoms with van der Waals surface area (Å²) in [6.45, 7) is 6.94. The molecule has 1 amide bonds. The Morgan fingerprint density at radius 3 is 2.39 bits per heavy atom. The first-order valence-electron chi connectivity index (χ1n) is 5.69. The molecule has 0 aliphatic heterocycles. The molecule has 1 aromatic rings. The van der Waals surface area contributed by atoms with E-state index >= 15 is 0 Å². The third kappa shape index (κ3) is 2.88. The molecule has 1 rings (SSSR count). The lowest BCUT2D eigenvalue weighted by Crippen LogP contribution is -2.41. The van der Waals surface area contributed by atoms with E-state index in [1.807, 2.05) is 13.8 Å². The number of rotatable bonds is 4. The monoisotopic (exact) mass is 254 g/mol. The summed E-state index contributed by atoms with van der Waals surface area (Å²) in [6, 6.07) is -0.120. The van der Waals surface area contributed by atoms with Crippen LogP contribution in [-0.2, 0) is 9.53 Å². The Hall–Kier alpha value is -1.85. The van der Waals surface area contributed by atoms with E-state index < -0.39 is 5.97 Å². The molecule has 0 atom stereocenters. The maximum atomic E-state index is 12.4. The molecule has 0 aromatic carbocycles. The quantitative estimate of drug-likeness (QED) is 0.757. The second-order valence-corrected chi connectivity index (χ2v) is 4.30. The number of nitrogens with zero attached hydrogens (tertiary/aromatic N) is 2. The van der Waals surface area contributed by atoms with Gasteiger partial charge in [-0.05, 0) is 27.7 Å². The van der Waals surface area contributed by atoms with Crippen molar-refractivity contribution in [3.05, 3.63) is 17.0 Å². The molecule has 0 aliphatic carbocycles. The van der Waals surface area contributed by atoms with Gasteiger partial charge in [-0.15, -0.1) is 0 Å². The molecule has 0 radical (unpaired) electrons. The minimum atomic E-state index is -0.455. The number of ether oxygens (including phenoxy) is 1. The molecule has 6 nitrogen and oxygen atoms in total. The molecule has 0 bridgehead atoms. The Morgan fingerprint density at radius 1 is 1.39 bits per heavy atom. The Morgan fingerprint density at radius 2 is 2.00 bits per heavy atom. The highest BCUT2D eigenvalue weighted by molar-refractivity contribution is 5.97. The number of esters is 1. The van der Waals surface area contributed by atoms with Crippen molar-refractivity contribution in [2.45, 2.75) is 33.7 Å². The lowest BCUT2D eigenvalue weighted by atomic mass is 10.1. The second kappa shape index (κ2) is 5.66. The van der Waals surface area contributed by atoms with Gasteiger partial charge in [-0.1, -0.05) is 5.16 Å². The second-order valence-electron chi connectivity index (χ2n) is 4.30. The summed E-state index contributed by atoms with van der Waals surface area (Å²) in [4.78, 5) is 25.1. The summed E-state index contributed by atoms with van der Waals surface area (Å²) in [5.74, 6) is -0.275. The zero-order chi connectivity index (χ0) is 13.9. The van der Waals surface area contributed by atoms with E-state index in [4.69, 9.17) is 4.52 Å². The minimum absolute atomic E-state index is 0.0862. The van der Waals surface area contributed by atoms with Crippen molar-refractivity contribution in [1.82, 2.24) is 10.1 Å². The van der Waals surface area contributed by atoms with Crippen molar-refractivity contribution < 1.29 is 18.8 Å². The molecule has 6 heteroatoms. The lowest BCUT2D eigenvalue weighted by Gasteiger charge is -2.25. The van der Waals surface area contributed by atoms with Gasteiger partial charge in [0.25, 0.3) is 5.91 Å². The topological polar surface area (TPSA) is 72.6 Å². The Kier molecular flexibility index (Phi) is 4.47.